The van der Waals surface area contributed by atoms with Crippen molar-refractivity contribution in [2.24, 2.45) is 0 Å². The standard InChI is InChI=1S/C14H20BrN5O3/c1-13(2,3)23-12(21)19-20(8-14(4,5)22)11-9(15)7-17-10(6-16)18-11/h7,22H,8H2,1-5H3,(H,19,21). The zero-order valence-electron chi connectivity index (χ0n) is 13.7. The molecular formula is C14H20BrN5O3. The van der Waals surface area contributed by atoms with Crippen LogP contribution in [0.15, 0.2) is 10.7 Å². The number of hydrogen-bond acceptors (Lipinski definition) is 7. The Morgan fingerprint density at radius 1 is 1.48 bits per heavy atom. The van der Waals surface area contributed by atoms with Crippen LogP contribution in [0.25, 0.3) is 0 Å². The number of amides is 1. The molecule has 2 N–H and O–H groups in total. The Labute approximate surface area is 143 Å². The number of nitrogens with one attached hydrogen (secondary N) is 1. The zero-order chi connectivity index (χ0) is 17.8. The fourth-order valence-electron chi connectivity index (χ4n) is 1.57. The molecule has 0 aliphatic carbocycles. The molecule has 0 saturated heterocycles. The van der Waals surface area contributed by atoms with Crippen LogP contribution in [0.4, 0.5) is 10.6 Å². The first-order valence-corrected chi connectivity index (χ1v) is 7.63. The Balaban J connectivity index is 3.11. The topological polar surface area (TPSA) is 111 Å². The average Bonchev–Trinajstić information content (AvgIpc) is 2.34. The van der Waals surface area contributed by atoms with E-state index in [1.54, 1.807) is 34.6 Å². The summed E-state index contributed by atoms with van der Waals surface area (Å²) in [6, 6.07) is 1.83. The number of nitriles is 1. The van der Waals surface area contributed by atoms with E-state index in [2.05, 4.69) is 31.3 Å². The number of halogens is 1. The lowest BCUT2D eigenvalue weighted by molar-refractivity contribution is 0.0485. The summed E-state index contributed by atoms with van der Waals surface area (Å²) in [4.78, 5) is 19.9. The van der Waals surface area contributed by atoms with Gasteiger partial charge in [-0.25, -0.2) is 15.2 Å². The van der Waals surface area contributed by atoms with E-state index in [4.69, 9.17) is 10.00 Å². The molecule has 0 fully saturated rings. The SMILES string of the molecule is CC(C)(O)CN(NC(=O)OC(C)(C)C)c1nc(C#N)ncc1Br. The van der Waals surface area contributed by atoms with Gasteiger partial charge in [0.2, 0.25) is 5.82 Å². The van der Waals surface area contributed by atoms with Crippen molar-refractivity contribution in [3.05, 3.63) is 16.5 Å². The van der Waals surface area contributed by atoms with Gasteiger partial charge in [-0.05, 0) is 50.5 Å². The number of carbonyl (C=O) groups excluding carboxylic acids is 1. The Kier molecular flexibility index (Phi) is 5.91. The molecule has 0 unspecified atom stereocenters. The first kappa shape index (κ1) is 19.1. The third-order valence-corrected chi connectivity index (χ3v) is 2.81. The summed E-state index contributed by atoms with van der Waals surface area (Å²) in [5, 5.41) is 20.3. The van der Waals surface area contributed by atoms with E-state index in [1.807, 2.05) is 6.07 Å². The lowest BCUT2D eigenvalue weighted by Crippen LogP contribution is -2.51. The molecule has 0 radical (unpaired) electrons. The first-order valence-electron chi connectivity index (χ1n) is 6.83. The van der Waals surface area contributed by atoms with Gasteiger partial charge >= 0.3 is 6.09 Å². The first-order chi connectivity index (χ1) is 10.4. The lowest BCUT2D eigenvalue weighted by Gasteiger charge is -2.31. The second-order valence-corrected chi connectivity index (χ2v) is 7.34. The van der Waals surface area contributed by atoms with E-state index < -0.39 is 17.3 Å². The van der Waals surface area contributed by atoms with E-state index in [9.17, 15) is 9.90 Å². The molecule has 0 spiro atoms. The van der Waals surface area contributed by atoms with Gasteiger partial charge in [-0.3, -0.25) is 5.01 Å². The molecule has 0 saturated carbocycles. The minimum Gasteiger partial charge on any atom is -0.443 e. The van der Waals surface area contributed by atoms with Gasteiger partial charge in [0.05, 0.1) is 16.6 Å². The Morgan fingerprint density at radius 2 is 2.09 bits per heavy atom. The number of hydrazine groups is 1. The second-order valence-electron chi connectivity index (χ2n) is 6.49. The number of nitrogens with zero attached hydrogens (tertiary/aromatic N) is 4. The summed E-state index contributed by atoms with van der Waals surface area (Å²) in [7, 11) is 0. The van der Waals surface area contributed by atoms with Gasteiger partial charge in [0.15, 0.2) is 5.82 Å². The van der Waals surface area contributed by atoms with Gasteiger partial charge in [-0.1, -0.05) is 0 Å². The fourth-order valence-corrected chi connectivity index (χ4v) is 1.97. The normalized spacial score (nSPS) is 11.6. The molecule has 126 valence electrons. The van der Waals surface area contributed by atoms with Crippen molar-refractivity contribution in [3.63, 3.8) is 0 Å². The van der Waals surface area contributed by atoms with Gasteiger partial charge in [0, 0.05) is 6.20 Å². The van der Waals surface area contributed by atoms with E-state index in [0.29, 0.717) is 4.47 Å². The zero-order valence-corrected chi connectivity index (χ0v) is 15.3. The van der Waals surface area contributed by atoms with Gasteiger partial charge in [0.25, 0.3) is 0 Å². The molecule has 0 aliphatic heterocycles. The highest BCUT2D eigenvalue weighted by molar-refractivity contribution is 9.10. The fraction of sp³-hybridized carbons (Fsp3) is 0.571. The van der Waals surface area contributed by atoms with E-state index in [-0.39, 0.29) is 18.2 Å². The Hall–Kier alpha value is -1.92. The summed E-state index contributed by atoms with van der Waals surface area (Å²) < 4.78 is 5.66. The van der Waals surface area contributed by atoms with Crippen molar-refractivity contribution in [1.29, 1.82) is 5.26 Å². The molecule has 9 heteroatoms. The third-order valence-electron chi connectivity index (χ3n) is 2.25. The summed E-state index contributed by atoms with van der Waals surface area (Å²) in [5.74, 6) is 0.180. The lowest BCUT2D eigenvalue weighted by atomic mass is 10.1. The Bertz CT molecular complexity index is 616. The van der Waals surface area contributed by atoms with Crippen molar-refractivity contribution < 1.29 is 14.6 Å². The maximum atomic E-state index is 12.0. The van der Waals surface area contributed by atoms with Crippen LogP contribution in [0.3, 0.4) is 0 Å². The average molecular weight is 386 g/mol. The van der Waals surface area contributed by atoms with Crippen LogP contribution in [0.1, 0.15) is 40.4 Å². The molecule has 0 aliphatic rings. The number of rotatable bonds is 4. The van der Waals surface area contributed by atoms with Crippen LogP contribution in [-0.2, 0) is 4.74 Å². The molecule has 1 rings (SSSR count). The number of anilines is 1. The monoisotopic (exact) mass is 385 g/mol. The van der Waals surface area contributed by atoms with Gasteiger partial charge in [0.1, 0.15) is 11.7 Å². The molecule has 1 heterocycles. The van der Waals surface area contributed by atoms with Crippen molar-refractivity contribution in [1.82, 2.24) is 15.4 Å². The molecular weight excluding hydrogens is 366 g/mol. The quantitative estimate of drug-likeness (QED) is 0.763. The minimum atomic E-state index is -1.13. The molecule has 1 aromatic heterocycles. The van der Waals surface area contributed by atoms with Crippen LogP contribution >= 0.6 is 15.9 Å². The Morgan fingerprint density at radius 3 is 2.57 bits per heavy atom. The predicted octanol–water partition coefficient (Wildman–Crippen LogP) is 2.13. The highest BCUT2D eigenvalue weighted by atomic mass is 79.9. The van der Waals surface area contributed by atoms with E-state index in [1.165, 1.54) is 11.2 Å². The summed E-state index contributed by atoms with van der Waals surface area (Å²) in [5.41, 5.74) is 0.713. The molecule has 0 bridgehead atoms. The summed E-state index contributed by atoms with van der Waals surface area (Å²) >= 11 is 3.27. The number of aromatic nitrogens is 2. The van der Waals surface area contributed by atoms with E-state index >= 15 is 0 Å². The largest absolute Gasteiger partial charge is 0.443 e. The van der Waals surface area contributed by atoms with Crippen LogP contribution in [0.2, 0.25) is 0 Å². The van der Waals surface area contributed by atoms with Crippen molar-refractivity contribution in [2.45, 2.75) is 45.8 Å². The predicted molar refractivity (Wildman–Crippen MR) is 87.5 cm³/mol. The highest BCUT2D eigenvalue weighted by Crippen LogP contribution is 2.23. The molecule has 1 amide bonds. The second kappa shape index (κ2) is 7.10. The van der Waals surface area contributed by atoms with Crippen LogP contribution in [0.5, 0.6) is 0 Å². The molecule has 0 atom stereocenters. The van der Waals surface area contributed by atoms with Crippen molar-refractivity contribution >= 4 is 27.8 Å². The maximum Gasteiger partial charge on any atom is 0.426 e. The van der Waals surface area contributed by atoms with Crippen molar-refractivity contribution in [3.8, 4) is 6.07 Å². The van der Waals surface area contributed by atoms with Crippen LogP contribution in [-0.4, -0.2) is 38.9 Å². The number of carbonyl (C=O) groups is 1. The number of aliphatic hydroxyl groups is 1. The van der Waals surface area contributed by atoms with Crippen molar-refractivity contribution in [2.75, 3.05) is 11.6 Å². The number of ether oxygens (including phenoxy) is 1. The van der Waals surface area contributed by atoms with Gasteiger partial charge in [-0.2, -0.15) is 10.2 Å². The summed E-state index contributed by atoms with van der Waals surface area (Å²) in [6.07, 6.45) is 0.695. The molecule has 0 aromatic carbocycles. The smallest absolute Gasteiger partial charge is 0.426 e. The van der Waals surface area contributed by atoms with Gasteiger partial charge < -0.3 is 9.84 Å². The van der Waals surface area contributed by atoms with E-state index in [0.717, 1.165) is 0 Å². The van der Waals surface area contributed by atoms with Gasteiger partial charge in [-0.15, -0.1) is 0 Å². The third kappa shape index (κ3) is 6.80. The van der Waals surface area contributed by atoms with Crippen LogP contribution < -0.4 is 10.4 Å². The molecule has 23 heavy (non-hydrogen) atoms. The highest BCUT2D eigenvalue weighted by Gasteiger charge is 2.25. The summed E-state index contributed by atoms with van der Waals surface area (Å²) in [6.45, 7) is 8.39. The maximum absolute atomic E-state index is 12.0. The number of hydrogen-bond donors (Lipinski definition) is 2. The molecule has 1 aromatic rings. The molecule has 8 nitrogen and oxygen atoms in total. The van der Waals surface area contributed by atoms with Crippen LogP contribution in [0, 0.1) is 11.3 Å². The minimum absolute atomic E-state index is 0.0206.